The Kier molecular flexibility index (Phi) is 4.47. The normalized spacial score (nSPS) is 19.6. The molecule has 3 heterocycles. The molecule has 1 saturated heterocycles. The highest BCUT2D eigenvalue weighted by Gasteiger charge is 2.22. The van der Waals surface area contributed by atoms with E-state index in [0.717, 1.165) is 42.7 Å². The van der Waals surface area contributed by atoms with Gasteiger partial charge >= 0.3 is 0 Å². The van der Waals surface area contributed by atoms with Crippen molar-refractivity contribution in [1.82, 2.24) is 15.3 Å². The molecule has 3 rings (SSSR count). The van der Waals surface area contributed by atoms with Crippen LogP contribution in [0.5, 0.6) is 0 Å². The van der Waals surface area contributed by atoms with Gasteiger partial charge in [0.1, 0.15) is 17.0 Å². The first-order valence-electron chi connectivity index (χ1n) is 7.52. The Morgan fingerprint density at radius 2 is 2.40 bits per heavy atom. The fraction of sp³-hybridized carbons (Fsp3) is 0.600. The van der Waals surface area contributed by atoms with E-state index in [1.54, 1.807) is 17.7 Å². The van der Waals surface area contributed by atoms with Crippen LogP contribution in [-0.2, 0) is 0 Å². The number of aromatic nitrogens is 2. The molecule has 0 amide bonds. The highest BCUT2D eigenvalue weighted by Crippen LogP contribution is 2.29. The number of anilines is 1. The van der Waals surface area contributed by atoms with Crippen molar-refractivity contribution >= 4 is 27.4 Å². The minimum absolute atomic E-state index is 0.735. The van der Waals surface area contributed by atoms with Gasteiger partial charge in [-0.05, 0) is 49.7 Å². The summed E-state index contributed by atoms with van der Waals surface area (Å²) >= 11 is 1.69. The van der Waals surface area contributed by atoms with Crippen LogP contribution in [0.3, 0.4) is 0 Å². The van der Waals surface area contributed by atoms with E-state index in [1.807, 2.05) is 0 Å². The number of nitrogens with one attached hydrogen (secondary N) is 1. The van der Waals surface area contributed by atoms with E-state index < -0.39 is 0 Å². The third-order valence-corrected chi connectivity index (χ3v) is 4.74. The van der Waals surface area contributed by atoms with Crippen LogP contribution >= 0.6 is 11.3 Å². The summed E-state index contributed by atoms with van der Waals surface area (Å²) in [7, 11) is 0. The topological polar surface area (TPSA) is 41.0 Å². The van der Waals surface area contributed by atoms with Crippen molar-refractivity contribution in [3.8, 4) is 0 Å². The third kappa shape index (κ3) is 2.94. The largest absolute Gasteiger partial charge is 0.356 e. The number of nitrogens with zero attached hydrogens (tertiary/aromatic N) is 3. The maximum Gasteiger partial charge on any atom is 0.140 e. The van der Waals surface area contributed by atoms with Gasteiger partial charge in [0.15, 0.2) is 0 Å². The summed E-state index contributed by atoms with van der Waals surface area (Å²) in [6.07, 6.45) is 5.49. The van der Waals surface area contributed by atoms with Crippen molar-refractivity contribution < 1.29 is 0 Å². The molecule has 1 unspecified atom stereocenters. The van der Waals surface area contributed by atoms with Crippen LogP contribution in [0.4, 0.5) is 5.82 Å². The molecule has 5 heteroatoms. The smallest absolute Gasteiger partial charge is 0.140 e. The molecule has 2 aromatic rings. The fourth-order valence-corrected chi connectivity index (χ4v) is 3.66. The fourth-order valence-electron chi connectivity index (χ4n) is 2.94. The molecule has 0 bridgehead atoms. The van der Waals surface area contributed by atoms with E-state index >= 15 is 0 Å². The summed E-state index contributed by atoms with van der Waals surface area (Å²) in [6, 6.07) is 2.15. The standard InChI is InChI=1S/C15H22N4S/c1-2-6-16-9-12-4-3-7-19(10-12)14-13-5-8-20-15(13)18-11-17-14/h5,8,11-12,16H,2-4,6-7,9-10H2,1H3. The average Bonchev–Trinajstić information content (AvgIpc) is 2.96. The van der Waals surface area contributed by atoms with Crippen LogP contribution in [0.25, 0.3) is 10.2 Å². The molecule has 1 atom stereocenters. The first kappa shape index (κ1) is 13.8. The summed E-state index contributed by atoms with van der Waals surface area (Å²) in [4.78, 5) is 12.4. The lowest BCUT2D eigenvalue weighted by Gasteiger charge is -2.34. The Hall–Kier alpha value is -1.20. The molecule has 0 radical (unpaired) electrons. The molecule has 1 fully saturated rings. The van der Waals surface area contributed by atoms with Crippen LogP contribution in [-0.4, -0.2) is 36.1 Å². The van der Waals surface area contributed by atoms with Crippen molar-refractivity contribution in [2.24, 2.45) is 5.92 Å². The summed E-state index contributed by atoms with van der Waals surface area (Å²) in [5.41, 5.74) is 0. The predicted molar refractivity (Wildman–Crippen MR) is 85.5 cm³/mol. The van der Waals surface area contributed by atoms with E-state index in [4.69, 9.17) is 0 Å². The van der Waals surface area contributed by atoms with E-state index in [2.05, 4.69) is 38.6 Å². The monoisotopic (exact) mass is 290 g/mol. The molecule has 4 nitrogen and oxygen atoms in total. The number of hydrogen-bond acceptors (Lipinski definition) is 5. The molecule has 1 aliphatic rings. The van der Waals surface area contributed by atoms with Crippen molar-refractivity contribution in [2.45, 2.75) is 26.2 Å². The average molecular weight is 290 g/mol. The van der Waals surface area contributed by atoms with Crippen LogP contribution in [0.15, 0.2) is 17.8 Å². The summed E-state index contributed by atoms with van der Waals surface area (Å²) < 4.78 is 0. The maximum atomic E-state index is 4.53. The van der Waals surface area contributed by atoms with Crippen LogP contribution in [0, 0.1) is 5.92 Å². The second-order valence-corrected chi connectivity index (χ2v) is 6.39. The van der Waals surface area contributed by atoms with Crippen molar-refractivity contribution in [3.63, 3.8) is 0 Å². The third-order valence-electron chi connectivity index (χ3n) is 3.92. The van der Waals surface area contributed by atoms with Gasteiger partial charge in [0.25, 0.3) is 0 Å². The number of rotatable bonds is 5. The number of thiophene rings is 1. The molecule has 2 aromatic heterocycles. The zero-order valence-electron chi connectivity index (χ0n) is 12.0. The van der Waals surface area contributed by atoms with Gasteiger partial charge in [0.05, 0.1) is 5.39 Å². The number of fused-ring (bicyclic) bond motifs is 1. The molecule has 1 aliphatic heterocycles. The lowest BCUT2D eigenvalue weighted by atomic mass is 9.98. The molecular formula is C15H22N4S. The van der Waals surface area contributed by atoms with Gasteiger partial charge in [-0.2, -0.15) is 0 Å². The Balaban J connectivity index is 1.71. The lowest BCUT2D eigenvalue weighted by Crippen LogP contribution is -2.40. The first-order chi connectivity index (χ1) is 9.88. The van der Waals surface area contributed by atoms with Gasteiger partial charge < -0.3 is 10.2 Å². The molecule has 0 saturated carbocycles. The Bertz CT molecular complexity index is 554. The zero-order valence-corrected chi connectivity index (χ0v) is 12.8. The van der Waals surface area contributed by atoms with Gasteiger partial charge in [-0.25, -0.2) is 9.97 Å². The van der Waals surface area contributed by atoms with Crippen LogP contribution in [0.1, 0.15) is 26.2 Å². The summed E-state index contributed by atoms with van der Waals surface area (Å²) in [6.45, 7) is 6.69. The second-order valence-electron chi connectivity index (χ2n) is 5.50. The van der Waals surface area contributed by atoms with Crippen molar-refractivity contribution in [2.75, 3.05) is 31.1 Å². The zero-order chi connectivity index (χ0) is 13.8. The van der Waals surface area contributed by atoms with E-state index in [1.165, 1.54) is 24.6 Å². The molecule has 0 spiro atoms. The highest BCUT2D eigenvalue weighted by molar-refractivity contribution is 7.16. The van der Waals surface area contributed by atoms with Gasteiger partial charge in [0, 0.05) is 13.1 Å². The number of hydrogen-bond donors (Lipinski definition) is 1. The highest BCUT2D eigenvalue weighted by atomic mass is 32.1. The molecule has 1 N–H and O–H groups in total. The Morgan fingerprint density at radius 1 is 1.45 bits per heavy atom. The van der Waals surface area contributed by atoms with Crippen molar-refractivity contribution in [3.05, 3.63) is 17.8 Å². The maximum absolute atomic E-state index is 4.53. The Labute approximate surface area is 124 Å². The Morgan fingerprint density at radius 3 is 3.30 bits per heavy atom. The van der Waals surface area contributed by atoms with E-state index in [9.17, 15) is 0 Å². The minimum Gasteiger partial charge on any atom is -0.356 e. The van der Waals surface area contributed by atoms with Gasteiger partial charge in [0.2, 0.25) is 0 Å². The van der Waals surface area contributed by atoms with E-state index in [0.29, 0.717) is 0 Å². The SMILES string of the molecule is CCCNCC1CCCN(c2ncnc3sccc23)C1. The summed E-state index contributed by atoms with van der Waals surface area (Å²) in [5, 5.41) is 6.86. The first-order valence-corrected chi connectivity index (χ1v) is 8.40. The van der Waals surface area contributed by atoms with Gasteiger partial charge in [-0.15, -0.1) is 11.3 Å². The number of piperidine rings is 1. The molecule has 0 aromatic carbocycles. The van der Waals surface area contributed by atoms with Gasteiger partial charge in [-0.1, -0.05) is 6.92 Å². The molecular weight excluding hydrogens is 268 g/mol. The molecule has 20 heavy (non-hydrogen) atoms. The lowest BCUT2D eigenvalue weighted by molar-refractivity contribution is 0.391. The minimum atomic E-state index is 0.735. The van der Waals surface area contributed by atoms with E-state index in [-0.39, 0.29) is 0 Å². The van der Waals surface area contributed by atoms with Crippen LogP contribution in [0.2, 0.25) is 0 Å². The molecule has 108 valence electrons. The quantitative estimate of drug-likeness (QED) is 0.860. The molecule has 0 aliphatic carbocycles. The summed E-state index contributed by atoms with van der Waals surface area (Å²) in [5.74, 6) is 1.86. The van der Waals surface area contributed by atoms with Crippen LogP contribution < -0.4 is 10.2 Å². The predicted octanol–water partition coefficient (Wildman–Crippen LogP) is 2.91. The van der Waals surface area contributed by atoms with Crippen molar-refractivity contribution in [1.29, 1.82) is 0 Å². The van der Waals surface area contributed by atoms with Gasteiger partial charge in [-0.3, -0.25) is 0 Å². The second kappa shape index (κ2) is 6.50.